The Balaban J connectivity index is 1.36. The number of benzene rings is 2. The maximum atomic E-state index is 13.4. The summed E-state index contributed by atoms with van der Waals surface area (Å²) >= 11 is 2.75. The number of hydrogen-bond acceptors (Lipinski definition) is 9. The number of nitrogens with zero attached hydrogens (tertiary/aromatic N) is 4. The molecule has 0 bridgehead atoms. The van der Waals surface area contributed by atoms with Gasteiger partial charge in [0.25, 0.3) is 5.78 Å². The second-order valence-corrected chi connectivity index (χ2v) is 11.7. The number of hydrogen-bond donors (Lipinski definition) is 1. The molecule has 0 radical (unpaired) electrons. The zero-order chi connectivity index (χ0) is 27.1. The Morgan fingerprint density at radius 3 is 2.74 bits per heavy atom. The van der Waals surface area contributed by atoms with Gasteiger partial charge in [0.1, 0.15) is 17.6 Å². The van der Waals surface area contributed by atoms with Gasteiger partial charge in [-0.1, -0.05) is 59.0 Å². The van der Waals surface area contributed by atoms with Crippen LogP contribution in [0, 0.1) is 6.92 Å². The Morgan fingerprint density at radius 1 is 1.15 bits per heavy atom. The number of pyridine rings is 1. The number of Topliss-reactive ketones (excluding diaryl/α,β-unsaturated/α-hetero) is 1. The van der Waals surface area contributed by atoms with Crippen molar-refractivity contribution in [2.24, 2.45) is 0 Å². The first-order valence-corrected chi connectivity index (χ1v) is 14.2. The van der Waals surface area contributed by atoms with Crippen LogP contribution in [0.2, 0.25) is 0 Å². The SMILES string of the molecule is Cc1ccc(CSc2nnc(N3C(=O)C(=O)/C(=C(/O)c4ccc5c(c4)CC(C)O5)C3c3cccnc3)s2)cc1. The van der Waals surface area contributed by atoms with Gasteiger partial charge >= 0.3 is 5.91 Å². The fourth-order valence-corrected chi connectivity index (χ4v) is 6.62. The normalized spacial score (nSPS) is 19.8. The van der Waals surface area contributed by atoms with Gasteiger partial charge in [-0.25, -0.2) is 0 Å². The fourth-order valence-electron chi connectivity index (χ4n) is 4.80. The summed E-state index contributed by atoms with van der Waals surface area (Å²) in [6, 6.07) is 16.1. The minimum absolute atomic E-state index is 0.0102. The molecule has 1 N–H and O–H groups in total. The summed E-state index contributed by atoms with van der Waals surface area (Å²) in [4.78, 5) is 32.3. The molecule has 2 aliphatic rings. The van der Waals surface area contributed by atoms with E-state index in [2.05, 4.69) is 39.4 Å². The molecule has 39 heavy (non-hydrogen) atoms. The highest BCUT2D eigenvalue weighted by Gasteiger charge is 2.48. The van der Waals surface area contributed by atoms with E-state index in [1.165, 1.54) is 33.6 Å². The number of carbonyl (C=O) groups is 2. The van der Waals surface area contributed by atoms with E-state index < -0.39 is 17.7 Å². The summed E-state index contributed by atoms with van der Waals surface area (Å²) in [7, 11) is 0. The van der Waals surface area contributed by atoms with Gasteiger partial charge in [-0.3, -0.25) is 19.5 Å². The van der Waals surface area contributed by atoms with Crippen molar-refractivity contribution < 1.29 is 19.4 Å². The summed E-state index contributed by atoms with van der Waals surface area (Å²) in [6.07, 6.45) is 3.93. The van der Waals surface area contributed by atoms with Crippen molar-refractivity contribution in [3.05, 3.63) is 100 Å². The van der Waals surface area contributed by atoms with Crippen LogP contribution in [0.4, 0.5) is 5.13 Å². The Hall–Kier alpha value is -4.02. The van der Waals surface area contributed by atoms with Crippen molar-refractivity contribution in [3.8, 4) is 5.75 Å². The number of carbonyl (C=O) groups excluding carboxylic acids is 2. The van der Waals surface area contributed by atoms with Crippen molar-refractivity contribution in [2.75, 3.05) is 4.90 Å². The highest BCUT2D eigenvalue weighted by atomic mass is 32.2. The number of fused-ring (bicyclic) bond motifs is 1. The predicted octanol–water partition coefficient (Wildman–Crippen LogP) is 5.48. The van der Waals surface area contributed by atoms with Gasteiger partial charge in [0.15, 0.2) is 4.34 Å². The predicted molar refractivity (Wildman–Crippen MR) is 150 cm³/mol. The summed E-state index contributed by atoms with van der Waals surface area (Å²) in [5.41, 5.74) is 4.30. The molecule has 196 valence electrons. The number of aromatic nitrogens is 3. The van der Waals surface area contributed by atoms with Crippen LogP contribution in [0.15, 0.2) is 76.9 Å². The molecule has 1 saturated heterocycles. The van der Waals surface area contributed by atoms with E-state index in [1.807, 2.05) is 19.9 Å². The van der Waals surface area contributed by atoms with Gasteiger partial charge in [-0.15, -0.1) is 10.2 Å². The minimum Gasteiger partial charge on any atom is -0.507 e. The molecule has 1 amide bonds. The molecule has 4 heterocycles. The molecule has 1 fully saturated rings. The third kappa shape index (κ3) is 4.81. The largest absolute Gasteiger partial charge is 0.507 e. The molecule has 2 aromatic heterocycles. The Labute approximate surface area is 233 Å². The van der Waals surface area contributed by atoms with Gasteiger partial charge in [-0.2, -0.15) is 0 Å². The van der Waals surface area contributed by atoms with Crippen LogP contribution >= 0.6 is 23.1 Å². The van der Waals surface area contributed by atoms with Crippen molar-refractivity contribution in [1.82, 2.24) is 15.2 Å². The number of thioether (sulfide) groups is 1. The van der Waals surface area contributed by atoms with E-state index in [4.69, 9.17) is 4.74 Å². The molecule has 8 nitrogen and oxygen atoms in total. The zero-order valence-electron chi connectivity index (χ0n) is 21.2. The molecule has 4 aromatic rings. The number of aryl methyl sites for hydroxylation is 1. The average molecular weight is 557 g/mol. The molecular formula is C29H24N4O4S2. The van der Waals surface area contributed by atoms with Gasteiger partial charge in [0.2, 0.25) is 5.13 Å². The van der Waals surface area contributed by atoms with E-state index in [-0.39, 0.29) is 22.6 Å². The molecule has 2 atom stereocenters. The number of amides is 1. The zero-order valence-corrected chi connectivity index (χ0v) is 22.8. The lowest BCUT2D eigenvalue weighted by Crippen LogP contribution is -2.29. The molecule has 0 aliphatic carbocycles. The van der Waals surface area contributed by atoms with Crippen LogP contribution in [-0.2, 0) is 21.8 Å². The van der Waals surface area contributed by atoms with Gasteiger partial charge < -0.3 is 9.84 Å². The second kappa shape index (κ2) is 10.3. The third-order valence-corrected chi connectivity index (χ3v) is 8.83. The topological polar surface area (TPSA) is 106 Å². The smallest absolute Gasteiger partial charge is 0.301 e. The molecule has 0 saturated carbocycles. The van der Waals surface area contributed by atoms with E-state index in [9.17, 15) is 14.7 Å². The van der Waals surface area contributed by atoms with Crippen LogP contribution in [-0.4, -0.2) is 38.1 Å². The first-order chi connectivity index (χ1) is 18.9. The summed E-state index contributed by atoms with van der Waals surface area (Å²) < 4.78 is 6.45. The summed E-state index contributed by atoms with van der Waals surface area (Å²) in [5, 5.41) is 20.2. The molecule has 2 aromatic carbocycles. The summed E-state index contributed by atoms with van der Waals surface area (Å²) in [6.45, 7) is 4.02. The first-order valence-electron chi connectivity index (χ1n) is 12.4. The van der Waals surface area contributed by atoms with Gasteiger partial charge in [-0.05, 0) is 54.8 Å². The third-order valence-electron chi connectivity index (χ3n) is 6.70. The average Bonchev–Trinajstić information content (AvgIpc) is 3.63. The lowest BCUT2D eigenvalue weighted by molar-refractivity contribution is -0.132. The molecule has 0 spiro atoms. The van der Waals surface area contributed by atoms with Crippen LogP contribution in [0.1, 0.15) is 40.8 Å². The molecule has 10 heteroatoms. The van der Waals surface area contributed by atoms with E-state index >= 15 is 0 Å². The summed E-state index contributed by atoms with van der Waals surface area (Å²) in [5.74, 6) is -0.343. The minimum atomic E-state index is -0.898. The van der Waals surface area contributed by atoms with Crippen LogP contribution in [0.5, 0.6) is 5.75 Å². The number of ketones is 1. The van der Waals surface area contributed by atoms with Crippen LogP contribution in [0.3, 0.4) is 0 Å². The number of rotatable bonds is 6. The quantitative estimate of drug-likeness (QED) is 0.109. The highest BCUT2D eigenvalue weighted by molar-refractivity contribution is 8.00. The molecule has 6 rings (SSSR count). The number of anilines is 1. The monoisotopic (exact) mass is 556 g/mol. The van der Waals surface area contributed by atoms with Crippen LogP contribution in [0.25, 0.3) is 5.76 Å². The second-order valence-electron chi connectivity index (χ2n) is 9.54. The van der Waals surface area contributed by atoms with Crippen LogP contribution < -0.4 is 9.64 Å². The van der Waals surface area contributed by atoms with Crippen molar-refractivity contribution in [3.63, 3.8) is 0 Å². The molecule has 2 aliphatic heterocycles. The fraction of sp³-hybridized carbons (Fsp3) is 0.207. The van der Waals surface area contributed by atoms with E-state index in [0.717, 1.165) is 16.9 Å². The Bertz CT molecular complexity index is 1600. The maximum Gasteiger partial charge on any atom is 0.301 e. The van der Waals surface area contributed by atoms with Gasteiger partial charge in [0, 0.05) is 30.1 Å². The maximum absolute atomic E-state index is 13.4. The molecular weight excluding hydrogens is 532 g/mol. The lowest BCUT2D eigenvalue weighted by atomic mass is 9.95. The van der Waals surface area contributed by atoms with Crippen molar-refractivity contribution >= 4 is 45.7 Å². The first kappa shape index (κ1) is 25.3. The van der Waals surface area contributed by atoms with Crippen molar-refractivity contribution in [1.29, 1.82) is 0 Å². The van der Waals surface area contributed by atoms with Gasteiger partial charge in [0.05, 0.1) is 11.6 Å². The number of aliphatic hydroxyl groups is 1. The van der Waals surface area contributed by atoms with E-state index in [1.54, 1.807) is 36.7 Å². The Morgan fingerprint density at radius 2 is 1.97 bits per heavy atom. The molecule has 2 unspecified atom stereocenters. The highest BCUT2D eigenvalue weighted by Crippen LogP contribution is 2.44. The number of ether oxygens (including phenoxy) is 1. The lowest BCUT2D eigenvalue weighted by Gasteiger charge is -2.22. The van der Waals surface area contributed by atoms with Crippen molar-refractivity contribution in [2.45, 2.75) is 42.5 Å². The standard InChI is InChI=1S/C29H24N4O4S2/c1-16-5-7-18(8-6-16)15-38-29-32-31-28(39-29)33-24(20-4-3-11-30-14-20)23(26(35)27(33)36)25(34)19-9-10-22-21(13-19)12-17(2)37-22/h3-11,13-14,17,24,34H,12,15H2,1-2H3/b25-23+. The Kier molecular flexibility index (Phi) is 6.66. The van der Waals surface area contributed by atoms with E-state index in [0.29, 0.717) is 27.6 Å². The number of aliphatic hydroxyl groups excluding tert-OH is 1.